The molecule has 1 atom stereocenters. The molecule has 0 saturated carbocycles. The molecule has 0 aliphatic heterocycles. The molecule has 19 heavy (non-hydrogen) atoms. The monoisotopic (exact) mass is 257 g/mol. The largest absolute Gasteiger partial charge is 0.318 e. The normalized spacial score (nSPS) is 14.2. The molecule has 0 amide bonds. The Bertz CT molecular complexity index is 615. The first-order valence-electron chi connectivity index (χ1n) is 6.45. The van der Waals surface area contributed by atoms with Crippen LogP contribution < -0.4 is 5.73 Å². The Morgan fingerprint density at radius 1 is 0.947 bits per heavy atom. The van der Waals surface area contributed by atoms with Crippen molar-refractivity contribution < 1.29 is 4.39 Å². The van der Waals surface area contributed by atoms with E-state index in [1.54, 1.807) is 6.07 Å². The fourth-order valence-electron chi connectivity index (χ4n) is 2.26. The fraction of sp³-hybridized carbons (Fsp3) is 0.294. The SMILES string of the molecule is Cc1ccc(F)c(C(C)(N)c2ccc(C)c(C)c2)c1. The van der Waals surface area contributed by atoms with E-state index < -0.39 is 5.54 Å². The number of aryl methyl sites for hydroxylation is 3. The zero-order valence-electron chi connectivity index (χ0n) is 11.9. The number of rotatable bonds is 2. The molecule has 2 rings (SSSR count). The lowest BCUT2D eigenvalue weighted by molar-refractivity contribution is 0.530. The lowest BCUT2D eigenvalue weighted by Gasteiger charge is -2.27. The molecule has 0 saturated heterocycles. The van der Waals surface area contributed by atoms with Gasteiger partial charge in [0.1, 0.15) is 5.82 Å². The quantitative estimate of drug-likeness (QED) is 0.865. The second-order valence-electron chi connectivity index (χ2n) is 5.48. The van der Waals surface area contributed by atoms with E-state index in [-0.39, 0.29) is 5.82 Å². The standard InChI is InChI=1S/C17H20FN/c1-11-5-8-16(18)15(9-11)17(4,19)14-7-6-12(2)13(3)10-14/h5-10H,19H2,1-4H3. The van der Waals surface area contributed by atoms with Crippen molar-refractivity contribution in [3.05, 3.63) is 70.0 Å². The summed E-state index contributed by atoms with van der Waals surface area (Å²) < 4.78 is 14.1. The second-order valence-corrected chi connectivity index (χ2v) is 5.48. The summed E-state index contributed by atoms with van der Waals surface area (Å²) >= 11 is 0. The first-order valence-corrected chi connectivity index (χ1v) is 6.45. The minimum absolute atomic E-state index is 0.256. The Balaban J connectivity index is 2.57. The summed E-state index contributed by atoms with van der Waals surface area (Å²) in [6.07, 6.45) is 0. The predicted molar refractivity (Wildman–Crippen MR) is 77.7 cm³/mol. The van der Waals surface area contributed by atoms with Crippen molar-refractivity contribution in [1.82, 2.24) is 0 Å². The van der Waals surface area contributed by atoms with Crippen molar-refractivity contribution in [3.8, 4) is 0 Å². The van der Waals surface area contributed by atoms with Gasteiger partial charge in [-0.05, 0) is 50.5 Å². The van der Waals surface area contributed by atoms with E-state index in [9.17, 15) is 4.39 Å². The number of nitrogens with two attached hydrogens (primary N) is 1. The average Bonchev–Trinajstić information content (AvgIpc) is 2.35. The van der Waals surface area contributed by atoms with Gasteiger partial charge >= 0.3 is 0 Å². The van der Waals surface area contributed by atoms with Crippen LogP contribution in [0.15, 0.2) is 36.4 Å². The van der Waals surface area contributed by atoms with Gasteiger partial charge in [0, 0.05) is 5.56 Å². The van der Waals surface area contributed by atoms with Crippen molar-refractivity contribution in [2.75, 3.05) is 0 Å². The molecule has 0 heterocycles. The fourth-order valence-corrected chi connectivity index (χ4v) is 2.26. The summed E-state index contributed by atoms with van der Waals surface area (Å²) in [6, 6.07) is 11.1. The van der Waals surface area contributed by atoms with Crippen LogP contribution in [0.1, 0.15) is 34.7 Å². The molecule has 0 aromatic heterocycles. The number of hydrogen-bond acceptors (Lipinski definition) is 1. The molecule has 0 aliphatic rings. The van der Waals surface area contributed by atoms with Crippen LogP contribution in [0.25, 0.3) is 0 Å². The van der Waals surface area contributed by atoms with Gasteiger partial charge in [0.2, 0.25) is 0 Å². The van der Waals surface area contributed by atoms with Crippen LogP contribution in [0.2, 0.25) is 0 Å². The van der Waals surface area contributed by atoms with Gasteiger partial charge in [0.25, 0.3) is 0 Å². The molecule has 0 fully saturated rings. The number of benzene rings is 2. The van der Waals surface area contributed by atoms with E-state index in [2.05, 4.69) is 6.92 Å². The van der Waals surface area contributed by atoms with Gasteiger partial charge in [0.05, 0.1) is 5.54 Å². The summed E-state index contributed by atoms with van der Waals surface area (Å²) in [5, 5.41) is 0. The summed E-state index contributed by atoms with van der Waals surface area (Å²) in [5.41, 5.74) is 10.4. The molecular formula is C17H20FN. The van der Waals surface area contributed by atoms with E-state index in [0.29, 0.717) is 5.56 Å². The van der Waals surface area contributed by atoms with Crippen molar-refractivity contribution in [1.29, 1.82) is 0 Å². The first-order chi connectivity index (χ1) is 8.82. The van der Waals surface area contributed by atoms with E-state index in [0.717, 1.165) is 11.1 Å². The molecule has 100 valence electrons. The molecular weight excluding hydrogens is 237 g/mol. The number of halogens is 1. The van der Waals surface area contributed by atoms with Crippen molar-refractivity contribution in [2.24, 2.45) is 5.73 Å². The third-order valence-electron chi connectivity index (χ3n) is 3.79. The Hall–Kier alpha value is -1.67. The molecule has 2 heteroatoms. The number of hydrogen-bond donors (Lipinski definition) is 1. The van der Waals surface area contributed by atoms with Crippen LogP contribution in [0.4, 0.5) is 4.39 Å². The Morgan fingerprint density at radius 2 is 1.63 bits per heavy atom. The zero-order chi connectivity index (χ0) is 14.2. The average molecular weight is 257 g/mol. The van der Waals surface area contributed by atoms with Gasteiger partial charge < -0.3 is 5.73 Å². The molecule has 0 aliphatic carbocycles. The van der Waals surface area contributed by atoms with Crippen molar-refractivity contribution >= 4 is 0 Å². The van der Waals surface area contributed by atoms with E-state index in [1.165, 1.54) is 17.2 Å². The van der Waals surface area contributed by atoms with Gasteiger partial charge in [-0.1, -0.05) is 35.9 Å². The topological polar surface area (TPSA) is 26.0 Å². The van der Waals surface area contributed by atoms with Crippen LogP contribution in [-0.2, 0) is 5.54 Å². The van der Waals surface area contributed by atoms with Gasteiger partial charge in [-0.25, -0.2) is 4.39 Å². The summed E-state index contributed by atoms with van der Waals surface area (Å²) in [4.78, 5) is 0. The predicted octanol–water partition coefficient (Wildman–Crippen LogP) is 3.97. The van der Waals surface area contributed by atoms with Gasteiger partial charge in [-0.15, -0.1) is 0 Å². The van der Waals surface area contributed by atoms with Crippen LogP contribution >= 0.6 is 0 Å². The van der Waals surface area contributed by atoms with E-state index >= 15 is 0 Å². The maximum atomic E-state index is 14.1. The van der Waals surface area contributed by atoms with Crippen LogP contribution in [0.5, 0.6) is 0 Å². The molecule has 0 bridgehead atoms. The maximum absolute atomic E-state index is 14.1. The van der Waals surface area contributed by atoms with Gasteiger partial charge in [-0.2, -0.15) is 0 Å². The Morgan fingerprint density at radius 3 is 2.26 bits per heavy atom. The lowest BCUT2D eigenvalue weighted by Crippen LogP contribution is -2.35. The molecule has 0 spiro atoms. The van der Waals surface area contributed by atoms with Gasteiger partial charge in [0.15, 0.2) is 0 Å². The summed E-state index contributed by atoms with van der Waals surface area (Å²) in [7, 11) is 0. The molecule has 1 nitrogen and oxygen atoms in total. The maximum Gasteiger partial charge on any atom is 0.128 e. The second kappa shape index (κ2) is 4.78. The molecule has 1 unspecified atom stereocenters. The third kappa shape index (κ3) is 2.54. The lowest BCUT2D eigenvalue weighted by atomic mass is 9.83. The molecule has 2 N–H and O–H groups in total. The molecule has 2 aromatic rings. The van der Waals surface area contributed by atoms with Gasteiger partial charge in [-0.3, -0.25) is 0 Å². The Labute approximate surface area is 114 Å². The highest BCUT2D eigenvalue weighted by molar-refractivity contribution is 5.42. The van der Waals surface area contributed by atoms with E-state index in [4.69, 9.17) is 5.73 Å². The molecule has 0 radical (unpaired) electrons. The zero-order valence-corrected chi connectivity index (χ0v) is 11.9. The van der Waals surface area contributed by atoms with Crippen molar-refractivity contribution in [2.45, 2.75) is 33.2 Å². The molecule has 2 aromatic carbocycles. The van der Waals surface area contributed by atoms with Crippen LogP contribution in [0.3, 0.4) is 0 Å². The summed E-state index contributed by atoms with van der Waals surface area (Å²) in [5.74, 6) is -0.256. The minimum atomic E-state index is -0.825. The highest BCUT2D eigenvalue weighted by Crippen LogP contribution is 2.30. The minimum Gasteiger partial charge on any atom is -0.318 e. The highest BCUT2D eigenvalue weighted by atomic mass is 19.1. The third-order valence-corrected chi connectivity index (χ3v) is 3.79. The first kappa shape index (κ1) is 13.8. The highest BCUT2D eigenvalue weighted by Gasteiger charge is 2.27. The Kier molecular flexibility index (Phi) is 3.46. The summed E-state index contributed by atoms with van der Waals surface area (Å²) in [6.45, 7) is 7.90. The van der Waals surface area contributed by atoms with E-state index in [1.807, 2.05) is 45.0 Å². The van der Waals surface area contributed by atoms with Crippen LogP contribution in [-0.4, -0.2) is 0 Å². The van der Waals surface area contributed by atoms with Crippen LogP contribution in [0, 0.1) is 26.6 Å². The van der Waals surface area contributed by atoms with Crippen molar-refractivity contribution in [3.63, 3.8) is 0 Å². The smallest absolute Gasteiger partial charge is 0.128 e.